The third-order valence-corrected chi connectivity index (χ3v) is 3.49. The highest BCUT2D eigenvalue weighted by Crippen LogP contribution is 2.23. The van der Waals surface area contributed by atoms with E-state index in [0.29, 0.717) is 22.1 Å². The van der Waals surface area contributed by atoms with Gasteiger partial charge in [-0.25, -0.2) is 4.39 Å². The molecule has 0 fully saturated rings. The number of halogens is 2. The highest BCUT2D eigenvalue weighted by atomic mass is 35.5. The lowest BCUT2D eigenvalue weighted by molar-refractivity contribution is 0.102. The first kappa shape index (κ1) is 16.0. The minimum atomic E-state index is -0.551. The van der Waals surface area contributed by atoms with Crippen molar-refractivity contribution >= 4 is 23.2 Å². The molecule has 0 saturated carbocycles. The summed E-state index contributed by atoms with van der Waals surface area (Å²) in [6.07, 6.45) is 0. The molecule has 0 spiro atoms. The van der Waals surface area contributed by atoms with Crippen LogP contribution in [0.3, 0.4) is 0 Å². The highest BCUT2D eigenvalue weighted by molar-refractivity contribution is 6.31. The topological polar surface area (TPSA) is 38.3 Å². The van der Waals surface area contributed by atoms with Crippen molar-refractivity contribution in [1.82, 2.24) is 0 Å². The second-order valence-electron chi connectivity index (χ2n) is 5.02. The molecule has 0 aliphatic carbocycles. The van der Waals surface area contributed by atoms with Gasteiger partial charge in [0.15, 0.2) is 0 Å². The van der Waals surface area contributed by atoms with Gasteiger partial charge >= 0.3 is 0 Å². The molecule has 5 heteroatoms. The van der Waals surface area contributed by atoms with Gasteiger partial charge in [0.1, 0.15) is 17.3 Å². The van der Waals surface area contributed by atoms with Crippen molar-refractivity contribution in [3.63, 3.8) is 0 Å². The monoisotopic (exact) mass is 341 g/mol. The summed E-state index contributed by atoms with van der Waals surface area (Å²) in [7, 11) is 0. The van der Waals surface area contributed by atoms with E-state index in [1.54, 1.807) is 24.3 Å². The quantitative estimate of drug-likeness (QED) is 0.678. The summed E-state index contributed by atoms with van der Waals surface area (Å²) >= 11 is 5.82. The van der Waals surface area contributed by atoms with Gasteiger partial charge in [0, 0.05) is 10.6 Å². The molecule has 3 rings (SSSR count). The number of anilines is 1. The van der Waals surface area contributed by atoms with E-state index in [1.807, 2.05) is 30.3 Å². The summed E-state index contributed by atoms with van der Waals surface area (Å²) in [5.41, 5.74) is 0.379. The Bertz CT molecular complexity index is 868. The van der Waals surface area contributed by atoms with Crippen molar-refractivity contribution in [3.05, 3.63) is 89.2 Å². The van der Waals surface area contributed by atoms with Gasteiger partial charge in [0.05, 0.1) is 5.69 Å². The first-order valence-corrected chi connectivity index (χ1v) is 7.59. The van der Waals surface area contributed by atoms with Gasteiger partial charge in [-0.15, -0.1) is 0 Å². The van der Waals surface area contributed by atoms with Crippen LogP contribution in [0, 0.1) is 5.82 Å². The van der Waals surface area contributed by atoms with Crippen molar-refractivity contribution in [1.29, 1.82) is 0 Å². The third kappa shape index (κ3) is 3.91. The molecule has 1 amide bonds. The third-order valence-electron chi connectivity index (χ3n) is 3.25. The van der Waals surface area contributed by atoms with E-state index in [2.05, 4.69) is 5.32 Å². The average molecular weight is 342 g/mol. The Balaban J connectivity index is 1.78. The highest BCUT2D eigenvalue weighted by Gasteiger charge is 2.11. The van der Waals surface area contributed by atoms with Gasteiger partial charge in [0.25, 0.3) is 5.91 Å². The van der Waals surface area contributed by atoms with Gasteiger partial charge in [-0.1, -0.05) is 35.9 Å². The van der Waals surface area contributed by atoms with Crippen LogP contribution in [-0.2, 0) is 0 Å². The number of amides is 1. The van der Waals surface area contributed by atoms with Crippen molar-refractivity contribution < 1.29 is 13.9 Å². The first-order chi connectivity index (χ1) is 11.6. The average Bonchev–Trinajstić information content (AvgIpc) is 2.59. The zero-order valence-electron chi connectivity index (χ0n) is 12.5. The molecule has 120 valence electrons. The number of carbonyl (C=O) groups is 1. The Labute approximate surface area is 143 Å². The predicted octanol–water partition coefficient (Wildman–Crippen LogP) is 5.52. The van der Waals surface area contributed by atoms with E-state index in [9.17, 15) is 9.18 Å². The number of rotatable bonds is 4. The second kappa shape index (κ2) is 7.15. The maximum atomic E-state index is 13.7. The van der Waals surface area contributed by atoms with Crippen LogP contribution in [0.5, 0.6) is 11.5 Å². The Morgan fingerprint density at radius 3 is 2.46 bits per heavy atom. The summed E-state index contributed by atoms with van der Waals surface area (Å²) in [6, 6.07) is 19.8. The molecule has 0 aromatic heterocycles. The Hall–Kier alpha value is -2.85. The van der Waals surface area contributed by atoms with E-state index in [1.165, 1.54) is 18.2 Å². The van der Waals surface area contributed by atoms with Crippen LogP contribution in [-0.4, -0.2) is 5.91 Å². The van der Waals surface area contributed by atoms with Crippen LogP contribution >= 0.6 is 11.6 Å². The number of hydrogen-bond donors (Lipinski definition) is 1. The molecule has 0 bridgehead atoms. The van der Waals surface area contributed by atoms with Crippen molar-refractivity contribution in [2.45, 2.75) is 0 Å². The Kier molecular flexibility index (Phi) is 4.77. The maximum Gasteiger partial charge on any atom is 0.255 e. The summed E-state index contributed by atoms with van der Waals surface area (Å²) in [6.45, 7) is 0. The molecular weight excluding hydrogens is 329 g/mol. The molecule has 0 unspecified atom stereocenters. The molecule has 1 N–H and O–H groups in total. The van der Waals surface area contributed by atoms with Gasteiger partial charge in [-0.2, -0.15) is 0 Å². The first-order valence-electron chi connectivity index (χ1n) is 7.21. The number of ether oxygens (including phenoxy) is 1. The SMILES string of the molecule is O=C(Nc1cc(Cl)ccc1F)c1cccc(Oc2ccccc2)c1. The van der Waals surface area contributed by atoms with Crippen LogP contribution in [0.25, 0.3) is 0 Å². The van der Waals surface area contributed by atoms with E-state index in [0.717, 1.165) is 0 Å². The molecular formula is C19H13ClFNO2. The largest absolute Gasteiger partial charge is 0.457 e. The van der Waals surface area contributed by atoms with Crippen LogP contribution in [0.1, 0.15) is 10.4 Å². The summed E-state index contributed by atoms with van der Waals surface area (Å²) in [5.74, 6) is 0.176. The van der Waals surface area contributed by atoms with Crippen LogP contribution in [0.2, 0.25) is 5.02 Å². The van der Waals surface area contributed by atoms with Crippen molar-refractivity contribution in [2.24, 2.45) is 0 Å². The molecule has 3 nitrogen and oxygen atoms in total. The normalized spacial score (nSPS) is 10.2. The lowest BCUT2D eigenvalue weighted by Crippen LogP contribution is -2.13. The minimum Gasteiger partial charge on any atom is -0.457 e. The fourth-order valence-corrected chi connectivity index (χ4v) is 2.29. The molecule has 3 aromatic carbocycles. The zero-order chi connectivity index (χ0) is 16.9. The van der Waals surface area contributed by atoms with Crippen LogP contribution in [0.15, 0.2) is 72.8 Å². The lowest BCUT2D eigenvalue weighted by atomic mass is 10.2. The standard InChI is InChI=1S/C19H13ClFNO2/c20-14-9-10-17(21)18(12-14)22-19(23)13-5-4-8-16(11-13)24-15-6-2-1-3-7-15/h1-12H,(H,22,23). The van der Waals surface area contributed by atoms with Gasteiger partial charge in [-0.05, 0) is 48.5 Å². The van der Waals surface area contributed by atoms with E-state index in [-0.39, 0.29) is 5.69 Å². The Morgan fingerprint density at radius 1 is 0.917 bits per heavy atom. The molecule has 0 aliphatic heterocycles. The van der Waals surface area contributed by atoms with Crippen molar-refractivity contribution in [2.75, 3.05) is 5.32 Å². The van der Waals surface area contributed by atoms with E-state index < -0.39 is 11.7 Å². The molecule has 0 saturated heterocycles. The Morgan fingerprint density at radius 2 is 1.67 bits per heavy atom. The predicted molar refractivity (Wildman–Crippen MR) is 92.3 cm³/mol. The van der Waals surface area contributed by atoms with E-state index in [4.69, 9.17) is 16.3 Å². The minimum absolute atomic E-state index is 0.0295. The summed E-state index contributed by atoms with van der Waals surface area (Å²) < 4.78 is 19.4. The maximum absolute atomic E-state index is 13.7. The fraction of sp³-hybridized carbons (Fsp3) is 0. The van der Waals surface area contributed by atoms with E-state index >= 15 is 0 Å². The second-order valence-corrected chi connectivity index (χ2v) is 5.46. The lowest BCUT2D eigenvalue weighted by Gasteiger charge is -2.09. The number of benzene rings is 3. The summed E-state index contributed by atoms with van der Waals surface area (Å²) in [5, 5.41) is 2.85. The number of hydrogen-bond acceptors (Lipinski definition) is 2. The van der Waals surface area contributed by atoms with Crippen LogP contribution < -0.4 is 10.1 Å². The number of para-hydroxylation sites is 1. The zero-order valence-corrected chi connectivity index (χ0v) is 13.3. The fourth-order valence-electron chi connectivity index (χ4n) is 2.11. The van der Waals surface area contributed by atoms with Gasteiger partial charge in [0.2, 0.25) is 0 Å². The van der Waals surface area contributed by atoms with Crippen molar-refractivity contribution in [3.8, 4) is 11.5 Å². The molecule has 0 heterocycles. The van der Waals surface area contributed by atoms with Gasteiger partial charge in [-0.3, -0.25) is 4.79 Å². The smallest absolute Gasteiger partial charge is 0.255 e. The molecule has 3 aromatic rings. The number of nitrogens with one attached hydrogen (secondary N) is 1. The van der Waals surface area contributed by atoms with Gasteiger partial charge < -0.3 is 10.1 Å². The molecule has 24 heavy (non-hydrogen) atoms. The number of carbonyl (C=O) groups excluding carboxylic acids is 1. The van der Waals surface area contributed by atoms with Crippen LogP contribution in [0.4, 0.5) is 10.1 Å². The molecule has 0 aliphatic rings. The summed E-state index contributed by atoms with van der Waals surface area (Å²) in [4.78, 5) is 12.3. The molecule has 0 radical (unpaired) electrons. The molecule has 0 atom stereocenters.